The highest BCUT2D eigenvalue weighted by Crippen LogP contribution is 2.42. The van der Waals surface area contributed by atoms with Crippen molar-refractivity contribution < 1.29 is 18.7 Å². The van der Waals surface area contributed by atoms with E-state index in [0.717, 1.165) is 5.56 Å². The Labute approximate surface area is 153 Å². The number of aromatic nitrogens is 3. The Morgan fingerprint density at radius 1 is 1.26 bits per heavy atom. The van der Waals surface area contributed by atoms with Crippen molar-refractivity contribution in [2.45, 2.75) is 31.5 Å². The molecular formula is C18H16FN5O3. The van der Waals surface area contributed by atoms with E-state index in [-0.39, 0.29) is 17.9 Å². The number of hydrogen-bond donors (Lipinski definition) is 0. The van der Waals surface area contributed by atoms with Crippen LogP contribution in [-0.4, -0.2) is 45.6 Å². The smallest absolute Gasteiger partial charge is 0.415 e. The molecule has 0 radical (unpaired) electrons. The first kappa shape index (κ1) is 16.0. The number of halogens is 1. The van der Waals surface area contributed by atoms with E-state index in [0.29, 0.717) is 37.3 Å². The van der Waals surface area contributed by atoms with Gasteiger partial charge >= 0.3 is 6.09 Å². The van der Waals surface area contributed by atoms with Gasteiger partial charge in [-0.1, -0.05) is 5.21 Å². The van der Waals surface area contributed by atoms with E-state index in [1.807, 2.05) is 0 Å². The maximum Gasteiger partial charge on any atom is 0.415 e. The molecule has 2 aromatic rings. The van der Waals surface area contributed by atoms with Crippen LogP contribution < -0.4 is 9.80 Å². The molecule has 3 aliphatic heterocycles. The number of fused-ring (bicyclic) bond motifs is 3. The number of anilines is 2. The van der Waals surface area contributed by atoms with E-state index in [1.54, 1.807) is 34.2 Å². The van der Waals surface area contributed by atoms with Gasteiger partial charge in [0.05, 0.1) is 30.2 Å². The quantitative estimate of drug-likeness (QED) is 0.819. The molecule has 0 N–H and O–H groups in total. The highest BCUT2D eigenvalue weighted by molar-refractivity contribution is 5.95. The van der Waals surface area contributed by atoms with Crippen LogP contribution in [0.1, 0.15) is 12.0 Å². The summed E-state index contributed by atoms with van der Waals surface area (Å²) in [6.07, 6.45) is 6.41. The normalized spacial score (nSPS) is 23.6. The zero-order valence-corrected chi connectivity index (χ0v) is 14.3. The van der Waals surface area contributed by atoms with E-state index in [2.05, 4.69) is 10.3 Å². The zero-order valence-electron chi connectivity index (χ0n) is 14.3. The van der Waals surface area contributed by atoms with Crippen molar-refractivity contribution >= 4 is 23.3 Å². The second kappa shape index (κ2) is 5.90. The summed E-state index contributed by atoms with van der Waals surface area (Å²) < 4.78 is 21.8. The first-order valence-corrected chi connectivity index (χ1v) is 8.74. The molecule has 1 aromatic heterocycles. The summed E-state index contributed by atoms with van der Waals surface area (Å²) in [5.41, 5.74) is 1.85. The second-order valence-electron chi connectivity index (χ2n) is 6.85. The van der Waals surface area contributed by atoms with Gasteiger partial charge in [0.25, 0.3) is 0 Å². The summed E-state index contributed by atoms with van der Waals surface area (Å²) in [6, 6.07) is 2.95. The minimum absolute atomic E-state index is 0.0344. The summed E-state index contributed by atoms with van der Waals surface area (Å²) >= 11 is 0. The van der Waals surface area contributed by atoms with Crippen LogP contribution in [0.2, 0.25) is 0 Å². The standard InChI is InChI=1S/C18H16FN5O3/c19-13-9-14-11(7-15(13)22-4-1-12(25)2-5-22)8-16-17(27-18(26)24(14)16)10-23-6-3-20-21-23/h1,3-4,6-7,9,16-17H,2,5,8,10H2. The van der Waals surface area contributed by atoms with E-state index >= 15 is 0 Å². The third-order valence-electron chi connectivity index (χ3n) is 5.23. The molecule has 5 rings (SSSR count). The van der Waals surface area contributed by atoms with Crippen LogP contribution in [-0.2, 0) is 22.5 Å². The molecule has 27 heavy (non-hydrogen) atoms. The SMILES string of the molecule is O=C1C=CN(c2cc3c(cc2F)N2C(=O)OC(Cn4ccnn4)C2C3)CC1. The number of cyclic esters (lactones) is 1. The average molecular weight is 369 g/mol. The van der Waals surface area contributed by atoms with Gasteiger partial charge in [0.2, 0.25) is 0 Å². The monoisotopic (exact) mass is 369 g/mol. The predicted molar refractivity (Wildman–Crippen MR) is 92.8 cm³/mol. The average Bonchev–Trinajstić information content (AvgIpc) is 3.34. The molecule has 1 fully saturated rings. The van der Waals surface area contributed by atoms with Gasteiger partial charge < -0.3 is 9.64 Å². The Hall–Kier alpha value is -3.23. The van der Waals surface area contributed by atoms with Gasteiger partial charge in [0.15, 0.2) is 5.78 Å². The Bertz CT molecular complexity index is 958. The molecule has 0 saturated carbocycles. The van der Waals surface area contributed by atoms with Crippen molar-refractivity contribution in [1.82, 2.24) is 15.0 Å². The topological polar surface area (TPSA) is 80.6 Å². The molecule has 3 aliphatic rings. The molecule has 4 heterocycles. The summed E-state index contributed by atoms with van der Waals surface area (Å²) in [4.78, 5) is 27.0. The number of nitrogens with zero attached hydrogens (tertiary/aromatic N) is 5. The molecule has 1 aromatic carbocycles. The van der Waals surface area contributed by atoms with Gasteiger partial charge in [-0.25, -0.2) is 13.9 Å². The Morgan fingerprint density at radius 2 is 2.15 bits per heavy atom. The van der Waals surface area contributed by atoms with Crippen LogP contribution in [0.3, 0.4) is 0 Å². The number of benzene rings is 1. The third-order valence-corrected chi connectivity index (χ3v) is 5.23. The Morgan fingerprint density at radius 3 is 2.89 bits per heavy atom. The highest BCUT2D eigenvalue weighted by atomic mass is 19.1. The summed E-state index contributed by atoms with van der Waals surface area (Å²) in [6.45, 7) is 0.836. The predicted octanol–water partition coefficient (Wildman–Crippen LogP) is 1.66. The van der Waals surface area contributed by atoms with Crippen molar-refractivity contribution in [1.29, 1.82) is 0 Å². The van der Waals surface area contributed by atoms with Gasteiger partial charge in [-0.2, -0.15) is 0 Å². The largest absolute Gasteiger partial charge is 0.442 e. The van der Waals surface area contributed by atoms with E-state index < -0.39 is 11.9 Å². The molecule has 8 nitrogen and oxygen atoms in total. The summed E-state index contributed by atoms with van der Waals surface area (Å²) in [5.74, 6) is -0.395. The maximum absolute atomic E-state index is 14.8. The minimum Gasteiger partial charge on any atom is -0.442 e. The molecule has 1 saturated heterocycles. The van der Waals surface area contributed by atoms with Crippen molar-refractivity contribution in [3.8, 4) is 0 Å². The van der Waals surface area contributed by atoms with Gasteiger partial charge in [-0.3, -0.25) is 9.69 Å². The molecule has 9 heteroatoms. The van der Waals surface area contributed by atoms with Crippen LogP contribution in [0.15, 0.2) is 36.8 Å². The second-order valence-corrected chi connectivity index (χ2v) is 6.85. The van der Waals surface area contributed by atoms with Crippen LogP contribution in [0, 0.1) is 5.82 Å². The van der Waals surface area contributed by atoms with Gasteiger partial charge in [-0.15, -0.1) is 5.10 Å². The van der Waals surface area contributed by atoms with E-state index in [1.165, 1.54) is 17.0 Å². The first-order chi connectivity index (χ1) is 13.1. The molecule has 0 aliphatic carbocycles. The Kier molecular flexibility index (Phi) is 3.49. The lowest BCUT2D eigenvalue weighted by atomic mass is 10.0. The van der Waals surface area contributed by atoms with Crippen LogP contribution in [0.5, 0.6) is 0 Å². The van der Waals surface area contributed by atoms with Crippen LogP contribution in [0.25, 0.3) is 0 Å². The van der Waals surface area contributed by atoms with Gasteiger partial charge in [0.1, 0.15) is 11.9 Å². The van der Waals surface area contributed by atoms with Gasteiger partial charge in [-0.05, 0) is 24.1 Å². The number of carbonyl (C=O) groups excluding carboxylic acids is 2. The number of ketones is 1. The summed E-state index contributed by atoms with van der Waals surface area (Å²) in [5, 5.41) is 7.68. The zero-order chi connectivity index (χ0) is 18.5. The number of amides is 1. The molecule has 138 valence electrons. The molecular weight excluding hydrogens is 353 g/mol. The molecule has 2 unspecified atom stereocenters. The molecule has 1 amide bonds. The van der Waals surface area contributed by atoms with Crippen molar-refractivity contribution in [2.24, 2.45) is 0 Å². The van der Waals surface area contributed by atoms with Crippen molar-refractivity contribution in [3.63, 3.8) is 0 Å². The lowest BCUT2D eigenvalue weighted by Crippen LogP contribution is -2.35. The third kappa shape index (κ3) is 2.57. The van der Waals surface area contributed by atoms with Crippen molar-refractivity contribution in [2.75, 3.05) is 16.3 Å². The summed E-state index contributed by atoms with van der Waals surface area (Å²) in [7, 11) is 0. The lowest BCUT2D eigenvalue weighted by Gasteiger charge is -2.24. The number of ether oxygens (including phenoxy) is 1. The molecule has 0 bridgehead atoms. The van der Waals surface area contributed by atoms with Crippen LogP contribution in [0.4, 0.5) is 20.6 Å². The maximum atomic E-state index is 14.8. The molecule has 0 spiro atoms. The first-order valence-electron chi connectivity index (χ1n) is 8.74. The number of carbonyl (C=O) groups is 2. The van der Waals surface area contributed by atoms with Crippen LogP contribution >= 0.6 is 0 Å². The fourth-order valence-electron chi connectivity index (χ4n) is 3.93. The van der Waals surface area contributed by atoms with Gasteiger partial charge in [0, 0.05) is 31.4 Å². The van der Waals surface area contributed by atoms with Crippen molar-refractivity contribution in [3.05, 3.63) is 48.2 Å². The number of allylic oxidation sites excluding steroid dienone is 1. The van der Waals surface area contributed by atoms with E-state index in [9.17, 15) is 14.0 Å². The Balaban J connectivity index is 1.45. The minimum atomic E-state index is -0.473. The lowest BCUT2D eigenvalue weighted by molar-refractivity contribution is -0.114. The highest BCUT2D eigenvalue weighted by Gasteiger charge is 2.48. The fourth-order valence-corrected chi connectivity index (χ4v) is 3.93. The number of hydrogen-bond acceptors (Lipinski definition) is 6. The number of rotatable bonds is 3. The van der Waals surface area contributed by atoms with E-state index in [4.69, 9.17) is 4.74 Å². The fraction of sp³-hybridized carbons (Fsp3) is 0.333. The molecule has 2 atom stereocenters.